The van der Waals surface area contributed by atoms with Gasteiger partial charge in [0.25, 0.3) is 0 Å². The van der Waals surface area contributed by atoms with Crippen molar-refractivity contribution in [3.8, 4) is 5.69 Å². The highest BCUT2D eigenvalue weighted by Gasteiger charge is 2.44. The molecule has 0 unspecified atom stereocenters. The molecule has 158 valence electrons. The van der Waals surface area contributed by atoms with E-state index in [4.69, 9.17) is 23.2 Å². The number of imide groups is 2. The average Bonchev–Trinajstić information content (AvgIpc) is 3.10. The summed E-state index contributed by atoms with van der Waals surface area (Å²) >= 11 is 12.1. The van der Waals surface area contributed by atoms with Crippen LogP contribution in [-0.4, -0.2) is 51.1 Å². The first-order valence-electron chi connectivity index (χ1n) is 9.52. The maximum absolute atomic E-state index is 12.9. The minimum Gasteiger partial charge on any atom is -0.318 e. The number of urea groups is 1. The first-order valence-corrected chi connectivity index (χ1v) is 10.3. The van der Waals surface area contributed by atoms with Crippen LogP contribution in [0.5, 0.6) is 0 Å². The Morgan fingerprint density at radius 1 is 0.967 bits per heavy atom. The van der Waals surface area contributed by atoms with E-state index in [1.807, 2.05) is 18.4 Å². The molecule has 2 heterocycles. The molecule has 0 radical (unpaired) electrons. The van der Waals surface area contributed by atoms with Gasteiger partial charge in [0.2, 0.25) is 0 Å². The molecule has 0 saturated carbocycles. The Kier molecular flexibility index (Phi) is 6.33. The molecular formula is C21H21Cl2N3O4. The number of nitrogens with zero attached hydrogens (tertiary/aromatic N) is 3. The van der Waals surface area contributed by atoms with Gasteiger partial charge >= 0.3 is 17.8 Å². The summed E-state index contributed by atoms with van der Waals surface area (Å²) in [6, 6.07) is 6.07. The van der Waals surface area contributed by atoms with Crippen molar-refractivity contribution in [3.05, 3.63) is 51.3 Å². The van der Waals surface area contributed by atoms with Gasteiger partial charge in [-0.3, -0.25) is 19.3 Å². The summed E-state index contributed by atoms with van der Waals surface area (Å²) in [5, 5.41) is 0.802. The van der Waals surface area contributed by atoms with Crippen molar-refractivity contribution in [2.75, 3.05) is 13.1 Å². The maximum Gasteiger partial charge on any atom is 0.334 e. The van der Waals surface area contributed by atoms with Crippen LogP contribution >= 0.6 is 23.2 Å². The van der Waals surface area contributed by atoms with E-state index < -0.39 is 30.2 Å². The van der Waals surface area contributed by atoms with Crippen LogP contribution in [0.3, 0.4) is 0 Å². The molecule has 1 fully saturated rings. The van der Waals surface area contributed by atoms with Gasteiger partial charge in [-0.05, 0) is 44.5 Å². The molecular weight excluding hydrogens is 429 g/mol. The molecule has 1 aliphatic heterocycles. The van der Waals surface area contributed by atoms with Crippen LogP contribution in [0.15, 0.2) is 24.3 Å². The Hall–Kier alpha value is -2.64. The van der Waals surface area contributed by atoms with E-state index >= 15 is 0 Å². The van der Waals surface area contributed by atoms with Crippen LogP contribution in [0.2, 0.25) is 10.0 Å². The molecule has 3 rings (SSSR count). The zero-order valence-electron chi connectivity index (χ0n) is 16.9. The highest BCUT2D eigenvalue weighted by Crippen LogP contribution is 2.28. The Bertz CT molecular complexity index is 1060. The lowest BCUT2D eigenvalue weighted by molar-refractivity contribution is -0.143. The summed E-state index contributed by atoms with van der Waals surface area (Å²) in [5.41, 5.74) is 2.49. The highest BCUT2D eigenvalue weighted by atomic mass is 35.5. The number of benzene rings is 1. The van der Waals surface area contributed by atoms with E-state index in [9.17, 15) is 19.2 Å². The predicted octanol–water partition coefficient (Wildman–Crippen LogP) is 4.17. The summed E-state index contributed by atoms with van der Waals surface area (Å²) in [4.78, 5) is 51.3. The minimum absolute atomic E-state index is 0.163. The average molecular weight is 450 g/mol. The minimum atomic E-state index is -0.970. The molecule has 1 aliphatic rings. The second kappa shape index (κ2) is 8.62. The second-order valence-corrected chi connectivity index (χ2v) is 7.94. The SMILES string of the molecule is CCCCN1C(=O)C(=O)N(CC(=O)c2cc(C)n(-c3ccc(Cl)c(Cl)c3)c2C)C1=O. The number of aryl methyl sites for hydroxylation is 1. The lowest BCUT2D eigenvalue weighted by Crippen LogP contribution is -2.37. The van der Waals surface area contributed by atoms with Gasteiger partial charge in [-0.25, -0.2) is 9.69 Å². The van der Waals surface area contributed by atoms with Crippen molar-refractivity contribution in [1.29, 1.82) is 0 Å². The van der Waals surface area contributed by atoms with Crippen molar-refractivity contribution in [3.63, 3.8) is 0 Å². The van der Waals surface area contributed by atoms with Crippen molar-refractivity contribution in [2.45, 2.75) is 33.6 Å². The molecule has 4 amide bonds. The summed E-state index contributed by atoms with van der Waals surface area (Å²) in [7, 11) is 0. The highest BCUT2D eigenvalue weighted by molar-refractivity contribution is 6.45. The van der Waals surface area contributed by atoms with Crippen molar-refractivity contribution in [1.82, 2.24) is 14.4 Å². The molecule has 1 aromatic heterocycles. The van der Waals surface area contributed by atoms with Crippen LogP contribution < -0.4 is 0 Å². The predicted molar refractivity (Wildman–Crippen MR) is 113 cm³/mol. The molecule has 30 heavy (non-hydrogen) atoms. The van der Waals surface area contributed by atoms with Gasteiger partial charge in [0.1, 0.15) is 0 Å². The van der Waals surface area contributed by atoms with Crippen LogP contribution in [0, 0.1) is 13.8 Å². The monoisotopic (exact) mass is 449 g/mol. The van der Waals surface area contributed by atoms with Gasteiger partial charge in [-0.15, -0.1) is 0 Å². The number of aromatic nitrogens is 1. The molecule has 0 bridgehead atoms. The maximum atomic E-state index is 12.9. The van der Waals surface area contributed by atoms with E-state index in [0.717, 1.165) is 22.7 Å². The van der Waals surface area contributed by atoms with Crippen LogP contribution in [0.4, 0.5) is 4.79 Å². The summed E-state index contributed by atoms with van der Waals surface area (Å²) in [5.74, 6) is -2.29. The van der Waals surface area contributed by atoms with E-state index in [1.165, 1.54) is 0 Å². The number of carbonyl (C=O) groups excluding carboxylic acids is 4. The molecule has 1 saturated heterocycles. The zero-order valence-corrected chi connectivity index (χ0v) is 18.4. The topological polar surface area (TPSA) is 79.7 Å². The second-order valence-electron chi connectivity index (χ2n) is 7.13. The van der Waals surface area contributed by atoms with Crippen molar-refractivity contribution < 1.29 is 19.2 Å². The Labute approximate surface area is 184 Å². The lowest BCUT2D eigenvalue weighted by Gasteiger charge is -2.15. The Morgan fingerprint density at radius 2 is 1.63 bits per heavy atom. The first kappa shape index (κ1) is 22.1. The van der Waals surface area contributed by atoms with Crippen molar-refractivity contribution >= 4 is 46.8 Å². The van der Waals surface area contributed by atoms with Crippen molar-refractivity contribution in [2.24, 2.45) is 0 Å². The van der Waals surface area contributed by atoms with Crippen LogP contribution in [0.25, 0.3) is 5.69 Å². The first-order chi connectivity index (χ1) is 14.2. The fourth-order valence-electron chi connectivity index (χ4n) is 3.50. The number of carbonyl (C=O) groups is 4. The fraction of sp³-hybridized carbons (Fsp3) is 0.333. The largest absolute Gasteiger partial charge is 0.334 e. The smallest absolute Gasteiger partial charge is 0.318 e. The van der Waals surface area contributed by atoms with Gasteiger partial charge < -0.3 is 4.57 Å². The summed E-state index contributed by atoms with van der Waals surface area (Å²) in [6.45, 7) is 5.18. The molecule has 0 aliphatic carbocycles. The molecule has 0 atom stereocenters. The van der Waals surface area contributed by atoms with E-state index in [-0.39, 0.29) is 6.54 Å². The molecule has 7 nitrogen and oxygen atoms in total. The molecule has 9 heteroatoms. The molecule has 0 spiro atoms. The Morgan fingerprint density at radius 3 is 2.27 bits per heavy atom. The van der Waals surface area contributed by atoms with Gasteiger partial charge in [0.05, 0.1) is 16.6 Å². The molecule has 1 aromatic carbocycles. The number of unbranched alkanes of at least 4 members (excludes halogenated alkanes) is 1. The van der Waals surface area contributed by atoms with Gasteiger partial charge in [-0.1, -0.05) is 36.5 Å². The zero-order chi connectivity index (χ0) is 22.2. The molecule has 2 aromatic rings. The number of Topliss-reactive ketones (excluding diaryl/α,β-unsaturated/α-hetero) is 1. The number of amides is 4. The van der Waals surface area contributed by atoms with Gasteiger partial charge in [0, 0.05) is 29.2 Å². The Balaban J connectivity index is 1.86. The normalized spacial score (nSPS) is 14.2. The number of hydrogen-bond acceptors (Lipinski definition) is 4. The quantitative estimate of drug-likeness (QED) is 0.360. The summed E-state index contributed by atoms with van der Waals surface area (Å²) < 4.78 is 1.84. The fourth-order valence-corrected chi connectivity index (χ4v) is 3.79. The third-order valence-electron chi connectivity index (χ3n) is 5.06. The molecule has 0 N–H and O–H groups in total. The van der Waals surface area contributed by atoms with Crippen LogP contribution in [0.1, 0.15) is 41.5 Å². The third-order valence-corrected chi connectivity index (χ3v) is 5.80. The number of hydrogen-bond donors (Lipinski definition) is 0. The summed E-state index contributed by atoms with van der Waals surface area (Å²) in [6.07, 6.45) is 1.36. The van der Waals surface area contributed by atoms with Gasteiger partial charge in [0.15, 0.2) is 5.78 Å². The van der Waals surface area contributed by atoms with Gasteiger partial charge in [-0.2, -0.15) is 0 Å². The standard InChI is InChI=1S/C21H21Cl2N3O4/c1-4-5-8-24-19(28)20(29)25(21(24)30)11-18(27)15-9-12(2)26(13(15)3)14-6-7-16(22)17(23)10-14/h6-7,9-10H,4-5,8,11H2,1-3H3. The lowest BCUT2D eigenvalue weighted by atomic mass is 10.1. The number of rotatable bonds is 7. The van der Waals surface area contributed by atoms with E-state index in [1.54, 1.807) is 31.2 Å². The number of halogens is 2. The third kappa shape index (κ3) is 3.87. The van der Waals surface area contributed by atoms with E-state index in [2.05, 4.69) is 0 Å². The van der Waals surface area contributed by atoms with E-state index in [0.29, 0.717) is 32.6 Å². The number of ketones is 1. The van der Waals surface area contributed by atoms with Crippen LogP contribution in [-0.2, 0) is 9.59 Å².